The van der Waals surface area contributed by atoms with Crippen LogP contribution in [0.15, 0.2) is 24.4 Å². The number of carbonyl (C=O) groups excluding carboxylic acids is 1. The number of ether oxygens (including phenoxy) is 1. The Balaban J connectivity index is 1.64. The summed E-state index contributed by atoms with van der Waals surface area (Å²) in [5.74, 6) is 0.228. The van der Waals surface area contributed by atoms with Crippen LogP contribution in [-0.4, -0.2) is 56.3 Å². The van der Waals surface area contributed by atoms with Crippen molar-refractivity contribution < 1.29 is 9.53 Å². The number of likely N-dealkylation sites (tertiary alicyclic amines) is 1. The normalized spacial score (nSPS) is 15.3. The first-order valence-corrected chi connectivity index (χ1v) is 10.2. The Morgan fingerprint density at radius 3 is 2.68 bits per heavy atom. The number of hydrogen-bond acceptors (Lipinski definition) is 8. The molecule has 0 bridgehead atoms. The molecule has 3 rings (SSSR count). The summed E-state index contributed by atoms with van der Waals surface area (Å²) < 4.78 is 5.47. The van der Waals surface area contributed by atoms with Crippen LogP contribution in [0.4, 0.5) is 16.2 Å². The minimum absolute atomic E-state index is 0.220. The van der Waals surface area contributed by atoms with Crippen molar-refractivity contribution in [2.75, 3.05) is 23.7 Å². The van der Waals surface area contributed by atoms with Crippen LogP contribution in [0, 0.1) is 18.3 Å². The zero-order chi connectivity index (χ0) is 22.4. The molecule has 1 fully saturated rings. The molecule has 3 N–H and O–H groups in total. The van der Waals surface area contributed by atoms with Crippen molar-refractivity contribution in [2.24, 2.45) is 0 Å². The molecule has 31 heavy (non-hydrogen) atoms. The number of rotatable bonds is 5. The quantitative estimate of drug-likeness (QED) is 0.623. The molecule has 2 heterocycles. The second-order valence-corrected chi connectivity index (χ2v) is 8.48. The smallest absolute Gasteiger partial charge is 0.410 e. The van der Waals surface area contributed by atoms with Gasteiger partial charge in [0.05, 0.1) is 11.4 Å². The summed E-state index contributed by atoms with van der Waals surface area (Å²) in [7, 11) is 0. The summed E-state index contributed by atoms with van der Waals surface area (Å²) in [4.78, 5) is 14.0. The fourth-order valence-corrected chi connectivity index (χ4v) is 3.23. The van der Waals surface area contributed by atoms with E-state index in [-0.39, 0.29) is 23.5 Å². The molecule has 164 valence electrons. The maximum absolute atomic E-state index is 12.3. The molecule has 1 saturated heterocycles. The number of benzene rings is 1. The highest BCUT2D eigenvalue weighted by atomic mass is 16.6. The number of H-pyrrole nitrogens is 1. The summed E-state index contributed by atoms with van der Waals surface area (Å²) in [6.45, 7) is 8.91. The van der Waals surface area contributed by atoms with Crippen LogP contribution < -0.4 is 10.6 Å². The van der Waals surface area contributed by atoms with Gasteiger partial charge in [-0.1, -0.05) is 6.07 Å². The molecule has 0 atom stereocenters. The third-order valence-corrected chi connectivity index (χ3v) is 4.76. The van der Waals surface area contributed by atoms with Gasteiger partial charge < -0.3 is 20.3 Å². The van der Waals surface area contributed by atoms with E-state index in [0.29, 0.717) is 13.1 Å². The first-order valence-electron chi connectivity index (χ1n) is 10.2. The number of anilines is 2. The minimum Gasteiger partial charge on any atom is -0.444 e. The molecule has 1 aromatic carbocycles. The van der Waals surface area contributed by atoms with Gasteiger partial charge in [-0.25, -0.2) is 4.79 Å². The summed E-state index contributed by atoms with van der Waals surface area (Å²) in [6, 6.07) is 8.28. The Labute approximate surface area is 181 Å². The fourth-order valence-electron chi connectivity index (χ4n) is 3.23. The molecular weight excluding hydrogens is 396 g/mol. The lowest BCUT2D eigenvalue weighted by Gasteiger charge is -2.34. The van der Waals surface area contributed by atoms with E-state index in [2.05, 4.69) is 43.4 Å². The number of allylic oxidation sites excluding steroid dienone is 1. The zero-order valence-corrected chi connectivity index (χ0v) is 18.3. The molecule has 0 spiro atoms. The van der Waals surface area contributed by atoms with Crippen molar-refractivity contribution in [1.29, 1.82) is 5.26 Å². The van der Waals surface area contributed by atoms with E-state index < -0.39 is 5.60 Å². The van der Waals surface area contributed by atoms with E-state index in [0.717, 1.165) is 29.8 Å². The molecule has 0 radical (unpaired) electrons. The number of piperidine rings is 1. The molecule has 1 aliphatic heterocycles. The summed E-state index contributed by atoms with van der Waals surface area (Å²) in [6.07, 6.45) is 2.93. The first kappa shape index (κ1) is 22.1. The third-order valence-electron chi connectivity index (χ3n) is 4.76. The zero-order valence-electron chi connectivity index (χ0n) is 18.3. The highest BCUT2D eigenvalue weighted by Crippen LogP contribution is 2.27. The molecule has 0 saturated carbocycles. The van der Waals surface area contributed by atoms with Crippen LogP contribution in [-0.2, 0) is 4.74 Å². The summed E-state index contributed by atoms with van der Waals surface area (Å²) in [5, 5.41) is 29.6. The van der Waals surface area contributed by atoms with Crippen LogP contribution in [0.1, 0.15) is 45.0 Å². The first-order chi connectivity index (χ1) is 14.7. The van der Waals surface area contributed by atoms with Gasteiger partial charge in [0.25, 0.3) is 0 Å². The molecule has 2 aromatic rings. The number of amides is 1. The topological polar surface area (TPSA) is 132 Å². The molecule has 1 aromatic heterocycles. The minimum atomic E-state index is -0.494. The lowest BCUT2D eigenvalue weighted by Crippen LogP contribution is -2.44. The van der Waals surface area contributed by atoms with Crippen LogP contribution in [0.5, 0.6) is 0 Å². The molecule has 10 heteroatoms. The SMILES string of the molecule is Cc1ccc(NC=C(C#N)c2nn[nH]n2)c(NC2CCN(C(=O)OC(C)(C)C)CC2)c1. The Bertz CT molecular complexity index is 964. The Morgan fingerprint density at radius 1 is 1.32 bits per heavy atom. The average molecular weight is 425 g/mol. The number of carbonyl (C=O) groups is 1. The number of aryl methyl sites for hydroxylation is 1. The van der Waals surface area contributed by atoms with Crippen LogP contribution in [0.3, 0.4) is 0 Å². The van der Waals surface area contributed by atoms with Crippen molar-refractivity contribution in [1.82, 2.24) is 25.5 Å². The van der Waals surface area contributed by atoms with Gasteiger partial charge in [-0.2, -0.15) is 10.5 Å². The predicted molar refractivity (Wildman–Crippen MR) is 117 cm³/mol. The number of hydrogen-bond donors (Lipinski definition) is 3. The predicted octanol–water partition coefficient (Wildman–Crippen LogP) is 3.30. The van der Waals surface area contributed by atoms with Crippen LogP contribution in [0.2, 0.25) is 0 Å². The number of aromatic nitrogens is 4. The average Bonchev–Trinajstić information content (AvgIpc) is 3.24. The number of nitrogens with one attached hydrogen (secondary N) is 3. The van der Waals surface area contributed by atoms with E-state index in [4.69, 9.17) is 4.74 Å². The molecule has 1 aliphatic rings. The van der Waals surface area contributed by atoms with E-state index in [1.54, 1.807) is 11.1 Å². The van der Waals surface area contributed by atoms with Crippen molar-refractivity contribution >= 4 is 23.0 Å². The second kappa shape index (κ2) is 9.47. The van der Waals surface area contributed by atoms with E-state index in [1.165, 1.54) is 0 Å². The van der Waals surface area contributed by atoms with Gasteiger partial charge in [-0.3, -0.25) is 0 Å². The van der Waals surface area contributed by atoms with E-state index in [1.807, 2.05) is 39.8 Å². The van der Waals surface area contributed by atoms with Crippen molar-refractivity contribution in [3.8, 4) is 6.07 Å². The monoisotopic (exact) mass is 424 g/mol. The van der Waals surface area contributed by atoms with Crippen molar-refractivity contribution in [3.05, 3.63) is 35.8 Å². The second-order valence-electron chi connectivity index (χ2n) is 8.48. The van der Waals surface area contributed by atoms with Crippen LogP contribution >= 0.6 is 0 Å². The van der Waals surface area contributed by atoms with Gasteiger partial charge >= 0.3 is 6.09 Å². The van der Waals surface area contributed by atoms with Gasteiger partial charge in [-0.15, -0.1) is 10.2 Å². The lowest BCUT2D eigenvalue weighted by atomic mass is 10.0. The Morgan fingerprint density at radius 2 is 2.06 bits per heavy atom. The largest absolute Gasteiger partial charge is 0.444 e. The van der Waals surface area contributed by atoms with Gasteiger partial charge in [-0.05, 0) is 63.4 Å². The lowest BCUT2D eigenvalue weighted by molar-refractivity contribution is 0.0210. The van der Waals surface area contributed by atoms with Gasteiger partial charge in [0.1, 0.15) is 17.2 Å². The van der Waals surface area contributed by atoms with Gasteiger partial charge in [0.2, 0.25) is 5.82 Å². The number of aromatic amines is 1. The van der Waals surface area contributed by atoms with E-state index >= 15 is 0 Å². The fraction of sp³-hybridized carbons (Fsp3) is 0.476. The Kier molecular flexibility index (Phi) is 6.74. The number of nitrogens with zero attached hydrogens (tertiary/aromatic N) is 5. The van der Waals surface area contributed by atoms with Crippen LogP contribution in [0.25, 0.3) is 5.57 Å². The highest BCUT2D eigenvalue weighted by Gasteiger charge is 2.27. The summed E-state index contributed by atoms with van der Waals surface area (Å²) in [5.41, 5.74) is 2.65. The maximum atomic E-state index is 12.3. The number of nitriles is 1. The Hall–Kier alpha value is -3.61. The van der Waals surface area contributed by atoms with Crippen molar-refractivity contribution in [3.63, 3.8) is 0 Å². The molecule has 1 amide bonds. The van der Waals surface area contributed by atoms with E-state index in [9.17, 15) is 10.1 Å². The standard InChI is InChI=1S/C21H28N8O2/c1-14-5-6-17(23-13-15(12-22)19-25-27-28-26-19)18(11-14)24-16-7-9-29(10-8-16)20(30)31-21(2,3)4/h5-6,11,13,16,23-24H,7-10H2,1-4H3,(H,25,26,27,28). The summed E-state index contributed by atoms with van der Waals surface area (Å²) >= 11 is 0. The number of tetrazole rings is 1. The molecule has 0 unspecified atom stereocenters. The van der Waals surface area contributed by atoms with Crippen molar-refractivity contribution in [2.45, 2.75) is 52.2 Å². The van der Waals surface area contributed by atoms with Gasteiger partial charge in [0.15, 0.2) is 0 Å². The third kappa shape index (κ3) is 6.18. The highest BCUT2D eigenvalue weighted by molar-refractivity contribution is 5.77. The van der Waals surface area contributed by atoms with Gasteiger partial charge in [0, 0.05) is 25.3 Å². The molecule has 0 aliphatic carbocycles. The molecular formula is C21H28N8O2. The molecule has 10 nitrogen and oxygen atoms in total. The maximum Gasteiger partial charge on any atom is 0.410 e.